The van der Waals surface area contributed by atoms with Gasteiger partial charge in [0.05, 0.1) is 0 Å². The summed E-state index contributed by atoms with van der Waals surface area (Å²) in [7, 11) is 2.54. The molecular weight excluding hydrogens is 388 g/mol. The minimum absolute atomic E-state index is 0. The topological polar surface area (TPSA) is 118 Å². The van der Waals surface area contributed by atoms with E-state index in [2.05, 4.69) is 0 Å². The van der Waals surface area contributed by atoms with Crippen LogP contribution in [0.5, 0.6) is 0 Å². The molecule has 1 radical (unpaired) electrons. The van der Waals surface area contributed by atoms with Crippen molar-refractivity contribution in [2.75, 3.05) is 11.5 Å². The average Bonchev–Trinajstić information content (AvgIpc) is 2.38. The largest absolute Gasteiger partial charge is 0 e. The smallest absolute Gasteiger partial charge is 0 e. The van der Waals surface area contributed by atoms with Crippen LogP contribution >= 0.6 is 20.0 Å². The molecule has 0 heterocycles. The second kappa shape index (κ2) is 10.6. The van der Waals surface area contributed by atoms with E-state index in [1.165, 1.54) is 20.0 Å². The fourth-order valence-corrected chi connectivity index (χ4v) is 12.1. The molecule has 0 aromatic heterocycles. The van der Waals surface area contributed by atoms with Gasteiger partial charge in [-0.2, -0.15) is 0 Å². The Bertz CT molecular complexity index is 496. The normalized spacial score (nSPS) is 9.95. The number of carboxylic acids is 2. The number of primary amides is 1. The average molecular weight is 400 g/mol. The summed E-state index contributed by atoms with van der Waals surface area (Å²) in [5.74, 6) is -2.53. The van der Waals surface area contributed by atoms with Crippen LogP contribution in [-0.4, -0.2) is 81.5 Å². The van der Waals surface area contributed by atoms with Crippen molar-refractivity contribution in [3.8, 4) is 0 Å². The number of hydrogen-bond donors (Lipinski definition) is 3. The van der Waals surface area contributed by atoms with E-state index >= 15 is 0 Å². The molecule has 10 heteroatoms. The number of amides is 1. The quantitative estimate of drug-likeness (QED) is 0.515. The summed E-state index contributed by atoms with van der Waals surface area (Å²) in [6.45, 7) is 0. The van der Waals surface area contributed by atoms with E-state index in [1.54, 1.807) is 24.3 Å². The molecule has 0 spiro atoms. The second-order valence-electron chi connectivity index (χ2n) is 3.50. The number of benzene rings is 1. The molecule has 1 aromatic rings. The maximum atomic E-state index is 11.0. The van der Waals surface area contributed by atoms with Crippen LogP contribution < -0.4 is 10.1 Å². The second-order valence-corrected chi connectivity index (χ2v) is 15.0. The number of nitrogens with two attached hydrogens (primary N) is 1. The fraction of sp³-hybridized carbons (Fsp3) is 0.182. The van der Waals surface area contributed by atoms with Gasteiger partial charge < -0.3 is 0 Å². The molecule has 0 aliphatic carbocycles. The Morgan fingerprint density at radius 1 is 1.00 bits per heavy atom. The molecule has 1 rings (SSSR count). The van der Waals surface area contributed by atoms with Crippen molar-refractivity contribution in [3.05, 3.63) is 29.8 Å². The standard InChI is InChI=1S/C11H12AsNO5S2.Na/c13-11(18)7-1-3-8(4-2-7)12(19-5-9(14)15)20-6-10(16)17;/h1-4H,5-6H2,(H2,13,18)(H,14,15)(H,16,17);. The van der Waals surface area contributed by atoms with E-state index in [1.807, 2.05) is 0 Å². The minimum Gasteiger partial charge on any atom is 0 e. The van der Waals surface area contributed by atoms with Gasteiger partial charge in [-0.05, 0) is 0 Å². The third-order valence-electron chi connectivity index (χ3n) is 1.97. The molecule has 0 saturated carbocycles. The zero-order chi connectivity index (χ0) is 15.1. The zero-order valence-electron chi connectivity index (χ0n) is 11.2. The molecule has 1 amide bonds. The molecule has 1 aromatic carbocycles. The van der Waals surface area contributed by atoms with Crippen molar-refractivity contribution in [1.29, 1.82) is 0 Å². The van der Waals surface area contributed by atoms with Gasteiger partial charge in [0.1, 0.15) is 0 Å². The van der Waals surface area contributed by atoms with Crippen molar-refractivity contribution in [2.45, 2.75) is 0 Å². The maximum absolute atomic E-state index is 11.0. The van der Waals surface area contributed by atoms with Crippen molar-refractivity contribution >= 4 is 84.1 Å². The van der Waals surface area contributed by atoms with E-state index in [0.29, 0.717) is 5.56 Å². The number of aliphatic carboxylic acids is 2. The first-order valence-corrected chi connectivity index (χ1v) is 12.7. The van der Waals surface area contributed by atoms with Gasteiger partial charge in [-0.3, -0.25) is 0 Å². The predicted molar refractivity (Wildman–Crippen MR) is 86.3 cm³/mol. The van der Waals surface area contributed by atoms with Crippen LogP contribution in [0.3, 0.4) is 0 Å². The van der Waals surface area contributed by atoms with Crippen molar-refractivity contribution in [3.63, 3.8) is 0 Å². The van der Waals surface area contributed by atoms with Crippen LogP contribution in [0.4, 0.5) is 0 Å². The van der Waals surface area contributed by atoms with Gasteiger partial charge in [-0.1, -0.05) is 0 Å². The summed E-state index contributed by atoms with van der Waals surface area (Å²) in [6.07, 6.45) is 0. The Morgan fingerprint density at radius 2 is 1.43 bits per heavy atom. The van der Waals surface area contributed by atoms with Crippen LogP contribution in [0.15, 0.2) is 24.3 Å². The number of hydrogen-bond acceptors (Lipinski definition) is 5. The first-order valence-electron chi connectivity index (χ1n) is 5.29. The van der Waals surface area contributed by atoms with Gasteiger partial charge in [0.15, 0.2) is 0 Å². The number of carbonyl (C=O) groups excluding carboxylic acids is 1. The third-order valence-corrected chi connectivity index (χ3v) is 14.8. The molecule has 0 aliphatic heterocycles. The van der Waals surface area contributed by atoms with Gasteiger partial charge in [-0.15, -0.1) is 0 Å². The van der Waals surface area contributed by atoms with E-state index in [9.17, 15) is 14.4 Å². The zero-order valence-corrected chi connectivity index (χ0v) is 16.7. The first-order chi connectivity index (χ1) is 9.40. The summed E-state index contributed by atoms with van der Waals surface area (Å²) in [5.41, 5.74) is 5.51. The summed E-state index contributed by atoms with van der Waals surface area (Å²) >= 11 is -1.91. The van der Waals surface area contributed by atoms with Gasteiger partial charge in [-0.25, -0.2) is 0 Å². The van der Waals surface area contributed by atoms with E-state index in [4.69, 9.17) is 15.9 Å². The molecule has 6 nitrogen and oxygen atoms in total. The molecular formula is C11H12AsNNaO5S2. The third kappa shape index (κ3) is 8.18. The van der Waals surface area contributed by atoms with E-state index in [0.717, 1.165) is 4.35 Å². The monoisotopic (exact) mass is 400 g/mol. The van der Waals surface area contributed by atoms with E-state index in [-0.39, 0.29) is 41.1 Å². The molecule has 0 bridgehead atoms. The van der Waals surface area contributed by atoms with Crippen LogP contribution in [0, 0.1) is 0 Å². The van der Waals surface area contributed by atoms with Crippen LogP contribution in [0.1, 0.15) is 10.4 Å². The number of carboxylic acid groups (broad SMARTS) is 2. The number of rotatable bonds is 8. The van der Waals surface area contributed by atoms with E-state index < -0.39 is 30.2 Å². The predicted octanol–water partition coefficient (Wildman–Crippen LogP) is -0.265. The molecule has 0 atom stereocenters. The molecule has 0 aliphatic rings. The van der Waals surface area contributed by atoms with Crippen molar-refractivity contribution in [2.24, 2.45) is 5.73 Å². The Kier molecular flexibility index (Phi) is 10.5. The maximum Gasteiger partial charge on any atom is 0 e. The van der Waals surface area contributed by atoms with Crippen LogP contribution in [0.2, 0.25) is 0 Å². The Labute approximate surface area is 154 Å². The molecule has 21 heavy (non-hydrogen) atoms. The number of carbonyl (C=O) groups is 3. The molecule has 0 unspecified atom stereocenters. The van der Waals surface area contributed by atoms with Crippen LogP contribution in [-0.2, 0) is 9.59 Å². The minimum atomic E-state index is -1.91. The first kappa shape index (κ1) is 20.9. The van der Waals surface area contributed by atoms with Gasteiger partial charge in [0, 0.05) is 29.6 Å². The van der Waals surface area contributed by atoms with Crippen molar-refractivity contribution < 1.29 is 24.6 Å². The molecule has 109 valence electrons. The fourth-order valence-electron chi connectivity index (χ4n) is 1.16. The summed E-state index contributed by atoms with van der Waals surface area (Å²) in [4.78, 5) is 32.2. The van der Waals surface area contributed by atoms with Crippen LogP contribution in [0.25, 0.3) is 0 Å². The summed E-state index contributed by atoms with van der Waals surface area (Å²) in [5, 5.41) is 17.4. The summed E-state index contributed by atoms with van der Waals surface area (Å²) < 4.78 is 0.889. The van der Waals surface area contributed by atoms with Gasteiger partial charge in [0.25, 0.3) is 0 Å². The Morgan fingerprint density at radius 3 is 1.76 bits per heavy atom. The molecule has 0 fully saturated rings. The Balaban J connectivity index is 0.00000400. The Hall–Kier alpha value is -0.112. The van der Waals surface area contributed by atoms with Gasteiger partial charge >= 0.3 is 126 Å². The SMILES string of the molecule is NC(=O)c1ccc([As](SCC(=O)O)SCC(=O)O)cc1.[Na]. The molecule has 0 saturated heterocycles. The van der Waals surface area contributed by atoms with Crippen molar-refractivity contribution in [1.82, 2.24) is 0 Å². The van der Waals surface area contributed by atoms with Gasteiger partial charge in [0.2, 0.25) is 0 Å². The molecule has 4 N–H and O–H groups in total. The summed E-state index contributed by atoms with van der Waals surface area (Å²) in [6, 6.07) is 6.57.